The molecular weight excluding hydrogens is 108 g/mol. The van der Waals surface area contributed by atoms with Gasteiger partial charge in [0.05, 0.1) is 0 Å². The van der Waals surface area contributed by atoms with E-state index < -0.39 is 0 Å². The molecule has 0 unspecified atom stereocenters. The predicted octanol–water partition coefficient (Wildman–Crippen LogP) is 3.00. The van der Waals surface area contributed by atoms with Crippen LogP contribution in [0.1, 0.15) is 34.6 Å². The molecule has 0 heteroatoms. The largest absolute Gasteiger partial charge is 0.0633 e. The molecule has 0 saturated heterocycles. The van der Waals surface area contributed by atoms with E-state index in [4.69, 9.17) is 0 Å². The first-order valence-corrected chi connectivity index (χ1v) is 3.69. The molecule has 1 rings (SSSR count). The second-order valence-electron chi connectivity index (χ2n) is 3.82. The van der Waals surface area contributed by atoms with Crippen LogP contribution in [0.15, 0.2) is 11.1 Å². The van der Waals surface area contributed by atoms with Gasteiger partial charge in [-0.2, -0.15) is 0 Å². The molecule has 0 heterocycles. The number of rotatable bonds is 1. The van der Waals surface area contributed by atoms with Crippen molar-refractivity contribution in [2.75, 3.05) is 0 Å². The molecule has 0 fully saturated rings. The van der Waals surface area contributed by atoms with Gasteiger partial charge in [-0.05, 0) is 12.8 Å². The highest BCUT2D eigenvalue weighted by Gasteiger charge is 2.42. The normalized spacial score (nSPS) is 23.3. The Balaban J connectivity index is 2.68. The Hall–Kier alpha value is -0.260. The first-order chi connectivity index (χ1) is 3.98. The Kier molecular flexibility index (Phi) is 1.23. The van der Waals surface area contributed by atoms with Crippen molar-refractivity contribution in [1.82, 2.24) is 0 Å². The number of hydrogen-bond acceptors (Lipinski definition) is 0. The molecule has 52 valence electrons. The molecule has 0 atom stereocenters. The Morgan fingerprint density at radius 3 is 1.56 bits per heavy atom. The molecule has 0 radical (unpaired) electrons. The fourth-order valence-electron chi connectivity index (χ4n) is 1.84. The summed E-state index contributed by atoms with van der Waals surface area (Å²) < 4.78 is 0. The lowest BCUT2D eigenvalue weighted by atomic mass is 9.98. The van der Waals surface area contributed by atoms with Gasteiger partial charge in [-0.3, -0.25) is 0 Å². The number of allylic oxidation sites excluding steroid dienone is 2. The zero-order valence-corrected chi connectivity index (χ0v) is 7.08. The maximum absolute atomic E-state index is 2.30. The van der Waals surface area contributed by atoms with E-state index in [9.17, 15) is 0 Å². The van der Waals surface area contributed by atoms with Crippen LogP contribution in [0.5, 0.6) is 0 Å². The minimum atomic E-state index is 0.480. The van der Waals surface area contributed by atoms with Crippen LogP contribution >= 0.6 is 0 Å². The Bertz CT molecular complexity index is 159. The summed E-state index contributed by atoms with van der Waals surface area (Å²) in [5.41, 5.74) is 3.76. The second kappa shape index (κ2) is 1.62. The molecule has 0 bridgehead atoms. The first-order valence-electron chi connectivity index (χ1n) is 3.69. The summed E-state index contributed by atoms with van der Waals surface area (Å²) in [4.78, 5) is 0. The lowest BCUT2D eigenvalue weighted by molar-refractivity contribution is 0.607. The summed E-state index contributed by atoms with van der Waals surface area (Å²) in [6.07, 6.45) is 0. The van der Waals surface area contributed by atoms with Crippen LogP contribution in [0.4, 0.5) is 0 Å². The summed E-state index contributed by atoms with van der Waals surface area (Å²) in [5, 5.41) is 0. The van der Waals surface area contributed by atoms with Crippen molar-refractivity contribution in [3.63, 3.8) is 0 Å². The highest BCUT2D eigenvalue weighted by molar-refractivity contribution is 5.46. The maximum atomic E-state index is 2.30. The quantitative estimate of drug-likeness (QED) is 0.471. The van der Waals surface area contributed by atoms with Crippen LogP contribution in [-0.2, 0) is 0 Å². The van der Waals surface area contributed by atoms with Crippen LogP contribution < -0.4 is 0 Å². The second-order valence-corrected chi connectivity index (χ2v) is 3.82. The lowest BCUT2D eigenvalue weighted by Gasteiger charge is -2.06. The highest BCUT2D eigenvalue weighted by Crippen LogP contribution is 2.54. The van der Waals surface area contributed by atoms with Gasteiger partial charge >= 0.3 is 0 Å². The average Bonchev–Trinajstić information content (AvgIpc) is 2.07. The van der Waals surface area contributed by atoms with Crippen molar-refractivity contribution in [1.29, 1.82) is 0 Å². The van der Waals surface area contributed by atoms with E-state index in [1.807, 2.05) is 0 Å². The minimum Gasteiger partial charge on any atom is -0.0633 e. The fraction of sp³-hybridized carbons (Fsp3) is 0.778. The standard InChI is InChI=1S/C9H16/c1-6(2)8-7(3)9(8,4)5/h6H,1-5H3. The molecular formula is C9H16. The van der Waals surface area contributed by atoms with E-state index in [1.54, 1.807) is 11.1 Å². The van der Waals surface area contributed by atoms with Crippen molar-refractivity contribution in [3.05, 3.63) is 11.1 Å². The zero-order chi connectivity index (χ0) is 7.23. The van der Waals surface area contributed by atoms with E-state index in [1.165, 1.54) is 0 Å². The minimum absolute atomic E-state index is 0.480. The molecule has 0 amide bonds. The van der Waals surface area contributed by atoms with E-state index in [-0.39, 0.29) is 0 Å². The summed E-state index contributed by atoms with van der Waals surface area (Å²) >= 11 is 0. The summed E-state index contributed by atoms with van der Waals surface area (Å²) in [7, 11) is 0. The van der Waals surface area contributed by atoms with Crippen molar-refractivity contribution in [2.24, 2.45) is 11.3 Å². The lowest BCUT2D eigenvalue weighted by Crippen LogP contribution is -1.96. The predicted molar refractivity (Wildman–Crippen MR) is 41.3 cm³/mol. The summed E-state index contributed by atoms with van der Waals surface area (Å²) in [5.74, 6) is 0.764. The third-order valence-electron chi connectivity index (χ3n) is 2.53. The molecule has 1 aliphatic rings. The van der Waals surface area contributed by atoms with E-state index in [2.05, 4.69) is 34.6 Å². The van der Waals surface area contributed by atoms with E-state index in [0.29, 0.717) is 5.41 Å². The van der Waals surface area contributed by atoms with Gasteiger partial charge in [-0.15, -0.1) is 0 Å². The Labute approximate surface area is 58.0 Å². The molecule has 0 spiro atoms. The van der Waals surface area contributed by atoms with E-state index >= 15 is 0 Å². The highest BCUT2D eigenvalue weighted by atomic mass is 14.5. The van der Waals surface area contributed by atoms with Crippen LogP contribution in [0.3, 0.4) is 0 Å². The molecule has 0 N–H and O–H groups in total. The van der Waals surface area contributed by atoms with Crippen molar-refractivity contribution in [2.45, 2.75) is 34.6 Å². The molecule has 0 nitrogen and oxygen atoms in total. The van der Waals surface area contributed by atoms with Crippen molar-refractivity contribution >= 4 is 0 Å². The maximum Gasteiger partial charge on any atom is 0.00698 e. The monoisotopic (exact) mass is 124 g/mol. The molecule has 9 heavy (non-hydrogen) atoms. The van der Waals surface area contributed by atoms with Crippen LogP contribution in [0.25, 0.3) is 0 Å². The molecule has 0 aromatic heterocycles. The van der Waals surface area contributed by atoms with Gasteiger partial charge in [0, 0.05) is 5.41 Å². The van der Waals surface area contributed by atoms with Crippen LogP contribution in [0.2, 0.25) is 0 Å². The van der Waals surface area contributed by atoms with Crippen molar-refractivity contribution in [3.8, 4) is 0 Å². The van der Waals surface area contributed by atoms with Gasteiger partial charge < -0.3 is 0 Å². The van der Waals surface area contributed by atoms with Crippen molar-refractivity contribution < 1.29 is 0 Å². The van der Waals surface area contributed by atoms with Gasteiger partial charge in [0.2, 0.25) is 0 Å². The summed E-state index contributed by atoms with van der Waals surface area (Å²) in [6, 6.07) is 0. The van der Waals surface area contributed by atoms with Crippen LogP contribution in [-0.4, -0.2) is 0 Å². The smallest absolute Gasteiger partial charge is 0.00698 e. The first kappa shape index (κ1) is 6.85. The van der Waals surface area contributed by atoms with Gasteiger partial charge in [-0.25, -0.2) is 0 Å². The number of hydrogen-bond donors (Lipinski definition) is 0. The van der Waals surface area contributed by atoms with E-state index in [0.717, 1.165) is 5.92 Å². The third kappa shape index (κ3) is 0.810. The Morgan fingerprint density at radius 2 is 1.56 bits per heavy atom. The molecule has 0 aromatic rings. The average molecular weight is 124 g/mol. The van der Waals surface area contributed by atoms with Gasteiger partial charge in [0.15, 0.2) is 0 Å². The van der Waals surface area contributed by atoms with Crippen LogP contribution in [0, 0.1) is 11.3 Å². The topological polar surface area (TPSA) is 0 Å². The summed E-state index contributed by atoms with van der Waals surface area (Å²) in [6.45, 7) is 11.4. The van der Waals surface area contributed by atoms with Gasteiger partial charge in [0.1, 0.15) is 0 Å². The van der Waals surface area contributed by atoms with Gasteiger partial charge in [0.25, 0.3) is 0 Å². The zero-order valence-electron chi connectivity index (χ0n) is 7.08. The molecule has 1 aliphatic carbocycles. The molecule has 0 aliphatic heterocycles. The molecule has 0 saturated carbocycles. The molecule has 0 aromatic carbocycles. The SMILES string of the molecule is CC1=C(C(C)C)C1(C)C. The Morgan fingerprint density at radius 1 is 1.22 bits per heavy atom. The third-order valence-corrected chi connectivity index (χ3v) is 2.53. The fourth-order valence-corrected chi connectivity index (χ4v) is 1.84. The van der Waals surface area contributed by atoms with Gasteiger partial charge in [-0.1, -0.05) is 38.8 Å².